The third kappa shape index (κ3) is 7.67. The predicted octanol–water partition coefficient (Wildman–Crippen LogP) is 20.6. The molecule has 410 valence electrons. The van der Waals surface area contributed by atoms with Crippen molar-refractivity contribution in [2.75, 3.05) is 0 Å². The number of nitrogens with zero attached hydrogens (tertiary/aromatic N) is 7. The molecule has 0 atom stereocenters. The van der Waals surface area contributed by atoms with Crippen molar-refractivity contribution in [2.24, 2.45) is 0 Å². The second-order valence-corrected chi connectivity index (χ2v) is 22.7. The van der Waals surface area contributed by atoms with Crippen molar-refractivity contribution in [1.82, 2.24) is 33.2 Å². The van der Waals surface area contributed by atoms with E-state index in [2.05, 4.69) is 291 Å². The number of para-hydroxylation sites is 7. The molecule has 0 unspecified atom stereocenters. The van der Waals surface area contributed by atoms with Crippen molar-refractivity contribution >= 4 is 87.2 Å². The Morgan fingerprint density at radius 3 is 0.943 bits per heavy atom. The van der Waals surface area contributed by atoms with Gasteiger partial charge in [0.1, 0.15) is 0 Å². The van der Waals surface area contributed by atoms with Gasteiger partial charge < -0.3 is 18.3 Å². The second-order valence-electron chi connectivity index (χ2n) is 22.7. The Balaban J connectivity index is 0.862. The highest BCUT2D eigenvalue weighted by atomic mass is 15.0. The van der Waals surface area contributed by atoms with Gasteiger partial charge in [0.2, 0.25) is 0 Å². The molecule has 0 amide bonds. The van der Waals surface area contributed by atoms with Crippen LogP contribution in [-0.4, -0.2) is 33.2 Å². The highest BCUT2D eigenvalue weighted by molar-refractivity contribution is 6.15. The summed E-state index contributed by atoms with van der Waals surface area (Å²) in [6.45, 7) is 0. The molecular formula is C81H51N7. The smallest absolute Gasteiger partial charge is 0.164 e. The molecule has 0 saturated heterocycles. The Labute approximate surface area is 506 Å². The lowest BCUT2D eigenvalue weighted by Crippen LogP contribution is -2.02. The van der Waals surface area contributed by atoms with Crippen molar-refractivity contribution in [1.29, 1.82) is 0 Å². The third-order valence-corrected chi connectivity index (χ3v) is 17.8. The summed E-state index contributed by atoms with van der Waals surface area (Å²) in [6, 6.07) is 112. The number of fused-ring (bicyclic) bond motifs is 12. The van der Waals surface area contributed by atoms with Gasteiger partial charge in [-0.25, -0.2) is 15.0 Å². The van der Waals surface area contributed by atoms with E-state index in [0.29, 0.717) is 17.5 Å². The topological polar surface area (TPSA) is 58.4 Å². The maximum absolute atomic E-state index is 5.16. The van der Waals surface area contributed by atoms with E-state index in [1.807, 2.05) is 36.4 Å². The largest absolute Gasteiger partial charge is 0.309 e. The maximum Gasteiger partial charge on any atom is 0.164 e. The lowest BCUT2D eigenvalue weighted by molar-refractivity contribution is 1.07. The van der Waals surface area contributed by atoms with Gasteiger partial charge in [-0.05, 0) is 96.1 Å². The van der Waals surface area contributed by atoms with Crippen LogP contribution in [0.4, 0.5) is 0 Å². The zero-order valence-electron chi connectivity index (χ0n) is 47.6. The molecule has 0 fully saturated rings. The standard InChI is InChI=1S/C81H51N7/c1-3-22-53(23-4-1)79-82-80(54-24-5-2-6-25-54)84-81(83-79)55-44-42-52(43-45-55)78-65(33-21-41-77(78)88-74-40-20-13-32-64(74)67-51-57(47-49-76(67)88)86-70-36-16-9-28-60(70)61-29-10-17-37-71(61)86)62-30-11-18-38-72(62)87-73-39-19-12-31-63(73)66-50-56(46-48-75(66)87)85-68-34-14-7-26-58(68)59-27-8-15-35-69(59)85/h1-51H. The van der Waals surface area contributed by atoms with Gasteiger partial charge in [-0.3, -0.25) is 0 Å². The Hall–Kier alpha value is -11.9. The quantitative estimate of drug-likeness (QED) is 0.145. The summed E-state index contributed by atoms with van der Waals surface area (Å²) < 4.78 is 9.79. The van der Waals surface area contributed by atoms with E-state index in [-0.39, 0.29) is 0 Å². The molecule has 0 bridgehead atoms. The zero-order valence-corrected chi connectivity index (χ0v) is 47.6. The summed E-state index contributed by atoms with van der Waals surface area (Å²) in [7, 11) is 0. The van der Waals surface area contributed by atoms with E-state index < -0.39 is 0 Å². The van der Waals surface area contributed by atoms with E-state index in [1.165, 1.54) is 65.2 Å². The number of rotatable bonds is 9. The molecule has 0 aliphatic carbocycles. The molecular weight excluding hydrogens is 1070 g/mol. The van der Waals surface area contributed by atoms with Crippen LogP contribution in [0.1, 0.15) is 0 Å². The monoisotopic (exact) mass is 1120 g/mol. The normalized spacial score (nSPS) is 11.9. The lowest BCUT2D eigenvalue weighted by atomic mass is 9.91. The molecule has 18 aromatic rings. The van der Waals surface area contributed by atoms with Crippen molar-refractivity contribution in [2.45, 2.75) is 0 Å². The van der Waals surface area contributed by atoms with Crippen LogP contribution in [0.2, 0.25) is 0 Å². The van der Waals surface area contributed by atoms with Crippen LogP contribution in [0.15, 0.2) is 309 Å². The molecule has 88 heavy (non-hydrogen) atoms. The summed E-state index contributed by atoms with van der Waals surface area (Å²) in [5.41, 5.74) is 20.7. The summed E-state index contributed by atoms with van der Waals surface area (Å²) in [5.74, 6) is 1.85. The van der Waals surface area contributed by atoms with Gasteiger partial charge in [-0.15, -0.1) is 0 Å². The van der Waals surface area contributed by atoms with Gasteiger partial charge in [-0.2, -0.15) is 0 Å². The van der Waals surface area contributed by atoms with Crippen LogP contribution >= 0.6 is 0 Å². The Morgan fingerprint density at radius 2 is 0.500 bits per heavy atom. The Morgan fingerprint density at radius 1 is 0.193 bits per heavy atom. The zero-order chi connectivity index (χ0) is 57.8. The van der Waals surface area contributed by atoms with Gasteiger partial charge in [-0.1, -0.05) is 224 Å². The second kappa shape index (κ2) is 19.8. The van der Waals surface area contributed by atoms with Crippen molar-refractivity contribution in [3.8, 4) is 79.2 Å². The lowest BCUT2D eigenvalue weighted by Gasteiger charge is -2.21. The van der Waals surface area contributed by atoms with Crippen LogP contribution in [0, 0.1) is 0 Å². The van der Waals surface area contributed by atoms with Crippen LogP contribution in [0.5, 0.6) is 0 Å². The summed E-state index contributed by atoms with van der Waals surface area (Å²) in [5, 5.41) is 9.68. The molecule has 0 saturated carbocycles. The molecule has 7 heteroatoms. The van der Waals surface area contributed by atoms with Crippen molar-refractivity contribution in [3.63, 3.8) is 0 Å². The molecule has 5 heterocycles. The first-order chi connectivity index (χ1) is 43.7. The molecule has 7 nitrogen and oxygen atoms in total. The number of hydrogen-bond donors (Lipinski definition) is 0. The van der Waals surface area contributed by atoms with E-state index in [4.69, 9.17) is 15.0 Å². The van der Waals surface area contributed by atoms with E-state index in [1.54, 1.807) is 0 Å². The predicted molar refractivity (Wildman–Crippen MR) is 364 cm³/mol. The molecule has 5 aromatic heterocycles. The molecule has 18 rings (SSSR count). The maximum atomic E-state index is 5.16. The number of benzene rings is 13. The van der Waals surface area contributed by atoms with Gasteiger partial charge in [0.25, 0.3) is 0 Å². The van der Waals surface area contributed by atoms with Gasteiger partial charge in [0.05, 0.1) is 55.5 Å². The third-order valence-electron chi connectivity index (χ3n) is 17.8. The molecule has 0 radical (unpaired) electrons. The Bertz CT molecular complexity index is 5640. The fourth-order valence-electron chi connectivity index (χ4n) is 14.0. The molecule has 13 aromatic carbocycles. The molecule has 0 spiro atoms. The first-order valence-electron chi connectivity index (χ1n) is 29.9. The van der Waals surface area contributed by atoms with Crippen LogP contribution in [-0.2, 0) is 0 Å². The summed E-state index contributed by atoms with van der Waals surface area (Å²) >= 11 is 0. The van der Waals surface area contributed by atoms with Gasteiger partial charge >= 0.3 is 0 Å². The minimum absolute atomic E-state index is 0.604. The fraction of sp³-hybridized carbons (Fsp3) is 0. The minimum Gasteiger partial charge on any atom is -0.309 e. The average molecular weight is 1120 g/mol. The highest BCUT2D eigenvalue weighted by Gasteiger charge is 2.25. The highest BCUT2D eigenvalue weighted by Crippen LogP contribution is 2.46. The number of hydrogen-bond acceptors (Lipinski definition) is 3. The SMILES string of the molecule is c1ccc(-c2nc(-c3ccccc3)nc(-c3ccc(-c4c(-c5ccccc5-n5c6ccccc6c6cc(-n7c8ccccc8c8ccccc87)ccc65)cccc4-n4c5ccccc5c5cc(-n6c7ccccc7c7ccccc76)ccc54)cc3)n2)cc1. The molecule has 0 aliphatic rings. The Kier molecular flexibility index (Phi) is 11.2. The van der Waals surface area contributed by atoms with Crippen molar-refractivity contribution < 1.29 is 0 Å². The van der Waals surface area contributed by atoms with E-state index in [9.17, 15) is 0 Å². The summed E-state index contributed by atoms with van der Waals surface area (Å²) in [4.78, 5) is 15.3. The van der Waals surface area contributed by atoms with Crippen LogP contribution in [0.25, 0.3) is 166 Å². The minimum atomic E-state index is 0.604. The fourth-order valence-corrected chi connectivity index (χ4v) is 14.0. The van der Waals surface area contributed by atoms with Crippen molar-refractivity contribution in [3.05, 3.63) is 309 Å². The number of aromatic nitrogens is 7. The molecule has 0 aliphatic heterocycles. The van der Waals surface area contributed by atoms with Gasteiger partial charge in [0, 0.05) is 82.3 Å². The summed E-state index contributed by atoms with van der Waals surface area (Å²) in [6.07, 6.45) is 0. The molecule has 0 N–H and O–H groups in total. The first kappa shape index (κ1) is 49.5. The van der Waals surface area contributed by atoms with Crippen LogP contribution < -0.4 is 0 Å². The van der Waals surface area contributed by atoms with E-state index >= 15 is 0 Å². The van der Waals surface area contributed by atoms with Crippen LogP contribution in [0.3, 0.4) is 0 Å². The average Bonchev–Trinajstić information content (AvgIpc) is 1.75. The van der Waals surface area contributed by atoms with E-state index in [0.717, 1.165) is 83.8 Å². The van der Waals surface area contributed by atoms with Gasteiger partial charge in [0.15, 0.2) is 17.5 Å². The first-order valence-corrected chi connectivity index (χ1v) is 29.9.